The van der Waals surface area contributed by atoms with Gasteiger partial charge in [-0.2, -0.15) is 4.98 Å². The fourth-order valence-corrected chi connectivity index (χ4v) is 3.36. The number of pyridine rings is 1. The van der Waals surface area contributed by atoms with E-state index in [4.69, 9.17) is 4.98 Å². The summed E-state index contributed by atoms with van der Waals surface area (Å²) in [5.74, 6) is 1.82. The molecule has 0 aliphatic carbocycles. The molecule has 2 N–H and O–H groups in total. The molecule has 0 radical (unpaired) electrons. The van der Waals surface area contributed by atoms with Crippen molar-refractivity contribution in [2.75, 3.05) is 55.4 Å². The summed E-state index contributed by atoms with van der Waals surface area (Å²) in [7, 11) is 3.96. The van der Waals surface area contributed by atoms with Crippen molar-refractivity contribution in [3.05, 3.63) is 35.8 Å². The third-order valence-corrected chi connectivity index (χ3v) is 4.94. The molecule has 1 aliphatic rings. The van der Waals surface area contributed by atoms with Crippen LogP contribution in [0, 0.1) is 13.8 Å². The number of anilines is 3. The molecule has 1 fully saturated rings. The summed E-state index contributed by atoms with van der Waals surface area (Å²) in [6, 6.07) is 4.68. The fraction of sp³-hybridized carbons (Fsp3) is 0.550. The number of aryl methyl sites for hydroxylation is 2. The SMILES string of the molecule is Cc1cc(N2CCC(NCCNc3ccncc3C)CC2)nc(N(C)C)n1. The Morgan fingerprint density at radius 3 is 2.63 bits per heavy atom. The van der Waals surface area contributed by atoms with Crippen LogP contribution in [0.25, 0.3) is 0 Å². The van der Waals surface area contributed by atoms with Crippen molar-refractivity contribution in [2.24, 2.45) is 0 Å². The number of nitrogens with one attached hydrogen (secondary N) is 2. The van der Waals surface area contributed by atoms with Crippen LogP contribution in [-0.4, -0.2) is 61.3 Å². The lowest BCUT2D eigenvalue weighted by atomic mass is 10.1. The first-order valence-corrected chi connectivity index (χ1v) is 9.69. The monoisotopic (exact) mass is 369 g/mol. The summed E-state index contributed by atoms with van der Waals surface area (Å²) >= 11 is 0. The normalized spacial score (nSPS) is 15.0. The molecule has 27 heavy (non-hydrogen) atoms. The van der Waals surface area contributed by atoms with E-state index in [1.54, 1.807) is 0 Å². The summed E-state index contributed by atoms with van der Waals surface area (Å²) in [6.45, 7) is 8.04. The molecule has 0 unspecified atom stereocenters. The molecule has 0 spiro atoms. The molecule has 1 saturated heterocycles. The second-order valence-electron chi connectivity index (χ2n) is 7.39. The number of nitrogens with zero attached hydrogens (tertiary/aromatic N) is 5. The molecule has 2 aromatic rings. The predicted molar refractivity (Wildman–Crippen MR) is 112 cm³/mol. The Morgan fingerprint density at radius 2 is 1.93 bits per heavy atom. The van der Waals surface area contributed by atoms with E-state index < -0.39 is 0 Å². The summed E-state index contributed by atoms with van der Waals surface area (Å²) < 4.78 is 0. The van der Waals surface area contributed by atoms with Gasteiger partial charge in [-0.25, -0.2) is 4.98 Å². The molecule has 0 saturated carbocycles. The minimum absolute atomic E-state index is 0.567. The largest absolute Gasteiger partial charge is 0.383 e. The van der Waals surface area contributed by atoms with Crippen molar-refractivity contribution < 1.29 is 0 Å². The quantitative estimate of drug-likeness (QED) is 0.725. The summed E-state index contributed by atoms with van der Waals surface area (Å²) in [4.78, 5) is 17.7. The molecule has 146 valence electrons. The zero-order chi connectivity index (χ0) is 19.2. The highest BCUT2D eigenvalue weighted by atomic mass is 15.3. The molecular formula is C20H31N7. The van der Waals surface area contributed by atoms with Crippen LogP contribution >= 0.6 is 0 Å². The van der Waals surface area contributed by atoms with E-state index in [1.165, 1.54) is 5.56 Å². The highest BCUT2D eigenvalue weighted by Gasteiger charge is 2.20. The highest BCUT2D eigenvalue weighted by Crippen LogP contribution is 2.21. The molecule has 1 aliphatic heterocycles. The lowest BCUT2D eigenvalue weighted by Crippen LogP contribution is -2.44. The topological polar surface area (TPSA) is 69.2 Å². The first-order chi connectivity index (χ1) is 13.0. The maximum Gasteiger partial charge on any atom is 0.226 e. The number of hydrogen-bond acceptors (Lipinski definition) is 7. The van der Waals surface area contributed by atoms with Gasteiger partial charge < -0.3 is 20.4 Å². The van der Waals surface area contributed by atoms with Crippen molar-refractivity contribution in [3.8, 4) is 0 Å². The van der Waals surface area contributed by atoms with Crippen LogP contribution in [-0.2, 0) is 0 Å². The lowest BCUT2D eigenvalue weighted by Gasteiger charge is -2.33. The Labute approximate surface area is 162 Å². The minimum Gasteiger partial charge on any atom is -0.383 e. The molecule has 0 amide bonds. The van der Waals surface area contributed by atoms with Crippen molar-refractivity contribution in [3.63, 3.8) is 0 Å². The van der Waals surface area contributed by atoms with Crippen LogP contribution in [0.1, 0.15) is 24.1 Å². The van der Waals surface area contributed by atoms with E-state index in [0.717, 1.165) is 62.2 Å². The maximum atomic E-state index is 4.70. The van der Waals surface area contributed by atoms with E-state index in [9.17, 15) is 0 Å². The van der Waals surface area contributed by atoms with Crippen molar-refractivity contribution in [1.29, 1.82) is 0 Å². The van der Waals surface area contributed by atoms with Gasteiger partial charge in [-0.3, -0.25) is 4.98 Å². The lowest BCUT2D eigenvalue weighted by molar-refractivity contribution is 0.420. The molecule has 7 heteroatoms. The Kier molecular flexibility index (Phi) is 6.45. The summed E-state index contributed by atoms with van der Waals surface area (Å²) in [5.41, 5.74) is 3.36. The smallest absolute Gasteiger partial charge is 0.226 e. The van der Waals surface area contributed by atoms with Gasteiger partial charge in [-0.15, -0.1) is 0 Å². The molecule has 3 rings (SSSR count). The van der Waals surface area contributed by atoms with E-state index >= 15 is 0 Å². The van der Waals surface area contributed by atoms with Gasteiger partial charge >= 0.3 is 0 Å². The van der Waals surface area contributed by atoms with Crippen LogP contribution in [0.2, 0.25) is 0 Å². The van der Waals surface area contributed by atoms with Gasteiger partial charge in [-0.1, -0.05) is 0 Å². The first-order valence-electron chi connectivity index (χ1n) is 9.69. The van der Waals surface area contributed by atoms with Gasteiger partial charge in [0.1, 0.15) is 5.82 Å². The average Bonchev–Trinajstić information content (AvgIpc) is 2.66. The summed E-state index contributed by atoms with van der Waals surface area (Å²) in [5, 5.41) is 7.15. The molecule has 3 heterocycles. The molecule has 0 bridgehead atoms. The number of rotatable bonds is 7. The molecule has 2 aromatic heterocycles. The Hall–Kier alpha value is -2.41. The van der Waals surface area contributed by atoms with E-state index in [0.29, 0.717) is 6.04 Å². The third kappa shape index (κ3) is 5.29. The zero-order valence-electron chi connectivity index (χ0n) is 16.9. The minimum atomic E-state index is 0.567. The number of piperidine rings is 1. The van der Waals surface area contributed by atoms with Crippen LogP contribution in [0.4, 0.5) is 17.5 Å². The van der Waals surface area contributed by atoms with Gasteiger partial charge in [0, 0.05) is 76.2 Å². The summed E-state index contributed by atoms with van der Waals surface area (Å²) in [6.07, 6.45) is 5.99. The average molecular weight is 370 g/mol. The maximum absolute atomic E-state index is 4.70. The van der Waals surface area contributed by atoms with Crippen molar-refractivity contribution >= 4 is 17.5 Å². The Bertz CT molecular complexity index is 739. The predicted octanol–water partition coefficient (Wildman–Crippen LogP) is 2.22. The highest BCUT2D eigenvalue weighted by molar-refractivity contribution is 5.48. The third-order valence-electron chi connectivity index (χ3n) is 4.94. The fourth-order valence-electron chi connectivity index (χ4n) is 3.36. The van der Waals surface area contributed by atoms with Gasteiger partial charge in [0.25, 0.3) is 0 Å². The van der Waals surface area contributed by atoms with Crippen molar-refractivity contribution in [2.45, 2.75) is 32.7 Å². The van der Waals surface area contributed by atoms with Gasteiger partial charge in [-0.05, 0) is 38.3 Å². The van der Waals surface area contributed by atoms with Crippen LogP contribution in [0.15, 0.2) is 24.5 Å². The molecule has 7 nitrogen and oxygen atoms in total. The number of hydrogen-bond donors (Lipinski definition) is 2. The van der Waals surface area contributed by atoms with Gasteiger partial charge in [0.15, 0.2) is 0 Å². The first kappa shape index (κ1) is 19.4. The van der Waals surface area contributed by atoms with Crippen LogP contribution in [0.5, 0.6) is 0 Å². The van der Waals surface area contributed by atoms with E-state index in [2.05, 4.69) is 38.5 Å². The van der Waals surface area contributed by atoms with Gasteiger partial charge in [0.2, 0.25) is 5.95 Å². The Balaban J connectivity index is 1.43. The van der Waals surface area contributed by atoms with Crippen molar-refractivity contribution in [1.82, 2.24) is 20.3 Å². The zero-order valence-corrected chi connectivity index (χ0v) is 16.9. The number of aromatic nitrogens is 3. The molecular weight excluding hydrogens is 338 g/mol. The van der Waals surface area contributed by atoms with Crippen LogP contribution in [0.3, 0.4) is 0 Å². The van der Waals surface area contributed by atoms with E-state index in [1.807, 2.05) is 44.4 Å². The Morgan fingerprint density at radius 1 is 1.15 bits per heavy atom. The molecule has 0 atom stereocenters. The standard InChI is InChI=1S/C20H31N7/c1-15-14-21-8-5-18(15)23-10-9-22-17-6-11-27(12-7-17)19-13-16(2)24-20(25-19)26(3)4/h5,8,13-14,17,22H,6-7,9-12H2,1-4H3,(H,21,23). The second-order valence-corrected chi connectivity index (χ2v) is 7.39. The molecule has 0 aromatic carbocycles. The second kappa shape index (κ2) is 8.99. The van der Waals surface area contributed by atoms with Crippen LogP contribution < -0.4 is 20.4 Å². The van der Waals surface area contributed by atoms with E-state index in [-0.39, 0.29) is 0 Å². The van der Waals surface area contributed by atoms with Gasteiger partial charge in [0.05, 0.1) is 0 Å².